The molecule has 0 spiro atoms. The fraction of sp³-hybridized carbons (Fsp3) is 0.250. The van der Waals surface area contributed by atoms with Crippen LogP contribution in [-0.4, -0.2) is 11.1 Å². The number of hydrogen-bond acceptors (Lipinski definition) is 2. The van der Waals surface area contributed by atoms with Gasteiger partial charge in [0.2, 0.25) is 0 Å². The predicted octanol–water partition coefficient (Wildman–Crippen LogP) is 4.03. The number of benzene rings is 1. The maximum absolute atomic E-state index is 11.2. The average molecular weight is 299 g/mol. The summed E-state index contributed by atoms with van der Waals surface area (Å²) in [5.74, 6) is -0.799. The lowest BCUT2D eigenvalue weighted by Gasteiger charge is -2.18. The normalized spacial score (nSPS) is 11.9. The van der Waals surface area contributed by atoms with Crippen molar-refractivity contribution in [2.24, 2.45) is 0 Å². The van der Waals surface area contributed by atoms with E-state index in [1.54, 1.807) is 25.2 Å². The minimum atomic E-state index is -0.848. The SMILES string of the molecule is CC(C)(C(=O)O)c1csc2ccc(Br)cc12. The summed E-state index contributed by atoms with van der Waals surface area (Å²) < 4.78 is 2.09. The molecule has 4 heteroatoms. The van der Waals surface area contributed by atoms with Crippen LogP contribution in [-0.2, 0) is 10.2 Å². The van der Waals surface area contributed by atoms with Crippen LogP contribution in [0.1, 0.15) is 19.4 Å². The van der Waals surface area contributed by atoms with E-state index >= 15 is 0 Å². The number of carboxylic acid groups (broad SMARTS) is 1. The fourth-order valence-corrected chi connectivity index (χ4v) is 3.07. The third kappa shape index (κ3) is 1.76. The first-order valence-corrected chi connectivity index (χ1v) is 6.51. The number of aliphatic carboxylic acids is 1. The van der Waals surface area contributed by atoms with Gasteiger partial charge in [0.05, 0.1) is 5.41 Å². The molecule has 1 aromatic carbocycles. The second-order valence-electron chi connectivity index (χ2n) is 4.22. The lowest BCUT2D eigenvalue weighted by atomic mass is 9.85. The average Bonchev–Trinajstić information content (AvgIpc) is 2.60. The van der Waals surface area contributed by atoms with Crippen molar-refractivity contribution in [1.82, 2.24) is 0 Å². The van der Waals surface area contributed by atoms with Crippen LogP contribution in [0.5, 0.6) is 0 Å². The summed E-state index contributed by atoms with van der Waals surface area (Å²) in [4.78, 5) is 11.2. The van der Waals surface area contributed by atoms with E-state index in [1.165, 1.54) is 0 Å². The molecule has 2 aromatic rings. The highest BCUT2D eigenvalue weighted by Crippen LogP contribution is 2.36. The lowest BCUT2D eigenvalue weighted by Crippen LogP contribution is -2.28. The van der Waals surface area contributed by atoms with Crippen LogP contribution in [0.25, 0.3) is 10.1 Å². The number of rotatable bonds is 2. The standard InChI is InChI=1S/C12H11BrO2S/c1-12(2,11(14)15)9-6-16-10-4-3-7(13)5-8(9)10/h3-6H,1-2H3,(H,14,15). The predicted molar refractivity (Wildman–Crippen MR) is 70.2 cm³/mol. The van der Waals surface area contributed by atoms with Crippen molar-refractivity contribution in [1.29, 1.82) is 0 Å². The number of thiophene rings is 1. The Balaban J connectivity index is 2.70. The van der Waals surface area contributed by atoms with Gasteiger partial charge in [-0.05, 0) is 48.4 Å². The van der Waals surface area contributed by atoms with Gasteiger partial charge >= 0.3 is 5.97 Å². The Bertz CT molecular complexity index is 557. The van der Waals surface area contributed by atoms with Gasteiger partial charge in [-0.2, -0.15) is 0 Å². The molecule has 0 fully saturated rings. The Morgan fingerprint density at radius 2 is 2.12 bits per heavy atom. The van der Waals surface area contributed by atoms with Crippen LogP contribution in [0.2, 0.25) is 0 Å². The molecule has 1 N–H and O–H groups in total. The first-order chi connectivity index (χ1) is 7.43. The molecule has 1 heterocycles. The molecule has 0 bridgehead atoms. The van der Waals surface area contributed by atoms with Gasteiger partial charge in [-0.25, -0.2) is 0 Å². The van der Waals surface area contributed by atoms with Crippen molar-refractivity contribution in [3.05, 3.63) is 33.6 Å². The van der Waals surface area contributed by atoms with E-state index in [4.69, 9.17) is 0 Å². The van der Waals surface area contributed by atoms with Crippen molar-refractivity contribution in [3.8, 4) is 0 Å². The third-order valence-electron chi connectivity index (χ3n) is 2.74. The summed E-state index contributed by atoms with van der Waals surface area (Å²) in [7, 11) is 0. The zero-order chi connectivity index (χ0) is 11.9. The molecule has 2 nitrogen and oxygen atoms in total. The highest BCUT2D eigenvalue weighted by Gasteiger charge is 2.31. The number of halogens is 1. The molecular weight excluding hydrogens is 288 g/mol. The van der Waals surface area contributed by atoms with Crippen molar-refractivity contribution in [2.45, 2.75) is 19.3 Å². The van der Waals surface area contributed by atoms with Gasteiger partial charge in [0, 0.05) is 9.17 Å². The number of carboxylic acids is 1. The zero-order valence-electron chi connectivity index (χ0n) is 8.95. The summed E-state index contributed by atoms with van der Waals surface area (Å²) in [5, 5.41) is 12.2. The summed E-state index contributed by atoms with van der Waals surface area (Å²) in [6.45, 7) is 3.47. The summed E-state index contributed by atoms with van der Waals surface area (Å²) in [6.07, 6.45) is 0. The molecule has 0 amide bonds. The minimum Gasteiger partial charge on any atom is -0.481 e. The highest BCUT2D eigenvalue weighted by molar-refractivity contribution is 9.10. The Hall–Kier alpha value is -0.870. The molecular formula is C12H11BrO2S. The van der Waals surface area contributed by atoms with Crippen LogP contribution in [0.15, 0.2) is 28.1 Å². The molecule has 2 rings (SSSR count). The smallest absolute Gasteiger partial charge is 0.313 e. The van der Waals surface area contributed by atoms with Gasteiger partial charge in [-0.1, -0.05) is 15.9 Å². The van der Waals surface area contributed by atoms with Crippen molar-refractivity contribution < 1.29 is 9.90 Å². The van der Waals surface area contributed by atoms with Crippen LogP contribution >= 0.6 is 27.3 Å². The third-order valence-corrected chi connectivity index (χ3v) is 4.20. The van der Waals surface area contributed by atoms with Crippen molar-refractivity contribution in [3.63, 3.8) is 0 Å². The van der Waals surface area contributed by atoms with E-state index < -0.39 is 11.4 Å². The van der Waals surface area contributed by atoms with Crippen LogP contribution in [0.4, 0.5) is 0 Å². The molecule has 0 aliphatic rings. The van der Waals surface area contributed by atoms with Crippen LogP contribution in [0.3, 0.4) is 0 Å². The molecule has 0 aliphatic carbocycles. The number of fused-ring (bicyclic) bond motifs is 1. The fourth-order valence-electron chi connectivity index (χ4n) is 1.60. The summed E-state index contributed by atoms with van der Waals surface area (Å²) >= 11 is 5.00. The quantitative estimate of drug-likeness (QED) is 0.909. The van der Waals surface area contributed by atoms with Gasteiger partial charge in [-0.3, -0.25) is 4.79 Å². The summed E-state index contributed by atoms with van der Waals surface area (Å²) in [5.41, 5.74) is 0.0280. The first kappa shape index (κ1) is 11.6. The maximum Gasteiger partial charge on any atom is 0.313 e. The molecule has 16 heavy (non-hydrogen) atoms. The topological polar surface area (TPSA) is 37.3 Å². The molecule has 84 valence electrons. The van der Waals surface area contributed by atoms with Gasteiger partial charge in [0.25, 0.3) is 0 Å². The highest BCUT2D eigenvalue weighted by atomic mass is 79.9. The van der Waals surface area contributed by atoms with E-state index in [0.717, 1.165) is 20.1 Å². The van der Waals surface area contributed by atoms with Gasteiger partial charge in [-0.15, -0.1) is 11.3 Å². The Morgan fingerprint density at radius 3 is 2.75 bits per heavy atom. The molecule has 0 saturated heterocycles. The van der Waals surface area contributed by atoms with Gasteiger partial charge in [0.15, 0.2) is 0 Å². The van der Waals surface area contributed by atoms with Gasteiger partial charge in [0.1, 0.15) is 0 Å². The van der Waals surface area contributed by atoms with Crippen LogP contribution in [0, 0.1) is 0 Å². The second kappa shape index (κ2) is 3.86. The minimum absolute atomic E-state index is 0.799. The molecule has 0 saturated carbocycles. The van der Waals surface area contributed by atoms with Crippen molar-refractivity contribution >= 4 is 43.3 Å². The maximum atomic E-state index is 11.2. The molecule has 0 atom stereocenters. The number of hydrogen-bond donors (Lipinski definition) is 1. The molecule has 1 aromatic heterocycles. The Morgan fingerprint density at radius 1 is 1.44 bits per heavy atom. The monoisotopic (exact) mass is 298 g/mol. The van der Waals surface area contributed by atoms with E-state index in [1.807, 2.05) is 23.6 Å². The lowest BCUT2D eigenvalue weighted by molar-refractivity contribution is -0.142. The van der Waals surface area contributed by atoms with Gasteiger partial charge < -0.3 is 5.11 Å². The molecule has 0 aliphatic heterocycles. The summed E-state index contributed by atoms with van der Waals surface area (Å²) in [6, 6.07) is 5.95. The molecule has 0 radical (unpaired) electrons. The van der Waals surface area contributed by atoms with E-state index in [-0.39, 0.29) is 0 Å². The van der Waals surface area contributed by atoms with E-state index in [9.17, 15) is 9.90 Å². The Labute approximate surface area is 106 Å². The molecule has 0 unspecified atom stereocenters. The zero-order valence-corrected chi connectivity index (χ0v) is 11.4. The van der Waals surface area contributed by atoms with E-state index in [0.29, 0.717) is 0 Å². The first-order valence-electron chi connectivity index (χ1n) is 4.83. The largest absolute Gasteiger partial charge is 0.481 e. The van der Waals surface area contributed by atoms with Crippen LogP contribution < -0.4 is 0 Å². The Kier molecular flexibility index (Phi) is 2.80. The van der Waals surface area contributed by atoms with E-state index in [2.05, 4.69) is 15.9 Å². The van der Waals surface area contributed by atoms with Crippen molar-refractivity contribution in [2.75, 3.05) is 0 Å². The second-order valence-corrected chi connectivity index (χ2v) is 6.05. The number of carbonyl (C=O) groups is 1.